The fourth-order valence-electron chi connectivity index (χ4n) is 3.69. The zero-order valence-electron chi connectivity index (χ0n) is 27.9. The Morgan fingerprint density at radius 3 is 0.476 bits per heavy atom. The van der Waals surface area contributed by atoms with Crippen LogP contribution in [-0.2, 0) is 0 Å². The highest BCUT2D eigenvalue weighted by atomic mass is 16.3. The highest BCUT2D eigenvalue weighted by molar-refractivity contribution is 4.69. The monoisotopic (exact) mass is 613 g/mol. The van der Waals surface area contributed by atoms with Gasteiger partial charge in [0.05, 0.1) is 39.6 Å². The third-order valence-corrected chi connectivity index (χ3v) is 7.25. The van der Waals surface area contributed by atoms with Gasteiger partial charge in [0.2, 0.25) is 0 Å². The summed E-state index contributed by atoms with van der Waals surface area (Å²) in [6.45, 7) is 18.4. The molecule has 0 saturated carbocycles. The molecule has 0 aliphatic rings. The van der Waals surface area contributed by atoms with Crippen LogP contribution in [0.4, 0.5) is 0 Å². The van der Waals surface area contributed by atoms with E-state index in [4.69, 9.17) is 30.6 Å². The Hall–Kier alpha value is -0.480. The molecule has 12 nitrogen and oxygen atoms in total. The third kappa shape index (κ3) is 29.6. The van der Waals surface area contributed by atoms with Crippen molar-refractivity contribution in [3.8, 4) is 0 Å². The van der Waals surface area contributed by atoms with Gasteiger partial charge in [0.25, 0.3) is 0 Å². The minimum atomic E-state index is 0.188. The van der Waals surface area contributed by atoms with Crippen molar-refractivity contribution in [3.05, 3.63) is 0 Å². The number of hydrogen-bond donors (Lipinski definition) is 12. The van der Waals surface area contributed by atoms with Crippen molar-refractivity contribution < 1.29 is 30.6 Å². The molecular formula is C30H72N6O6. The zero-order chi connectivity index (χ0) is 32.4. The molecule has 0 aromatic heterocycles. The number of rotatable bonds is 27. The van der Waals surface area contributed by atoms with E-state index in [1.165, 1.54) is 0 Å². The van der Waals surface area contributed by atoms with Gasteiger partial charge in [-0.25, -0.2) is 0 Å². The molecule has 0 unspecified atom stereocenters. The van der Waals surface area contributed by atoms with Gasteiger partial charge >= 0.3 is 0 Å². The van der Waals surface area contributed by atoms with Crippen LogP contribution < -0.4 is 31.9 Å². The van der Waals surface area contributed by atoms with Gasteiger partial charge in [0, 0.05) is 75.5 Å². The fraction of sp³-hybridized carbons (Fsp3) is 1.00. The molecule has 0 amide bonds. The van der Waals surface area contributed by atoms with Gasteiger partial charge in [-0.2, -0.15) is 0 Å². The van der Waals surface area contributed by atoms with Crippen molar-refractivity contribution in [2.45, 2.75) is 116 Å². The molecule has 0 aromatic rings. The van der Waals surface area contributed by atoms with E-state index in [9.17, 15) is 0 Å². The van der Waals surface area contributed by atoms with E-state index in [0.29, 0.717) is 0 Å². The topological polar surface area (TPSA) is 194 Å². The van der Waals surface area contributed by atoms with Crippen LogP contribution in [-0.4, -0.2) is 146 Å². The predicted octanol–water partition coefficient (Wildman–Crippen LogP) is -0.878. The average molecular weight is 613 g/mol. The van der Waals surface area contributed by atoms with Crippen LogP contribution in [0.25, 0.3) is 0 Å². The van der Waals surface area contributed by atoms with Crippen molar-refractivity contribution in [2.75, 3.05) is 78.9 Å². The summed E-state index contributed by atoms with van der Waals surface area (Å²) in [5, 5.41) is 72.8. The molecular weight excluding hydrogens is 540 g/mol. The molecule has 0 rings (SSSR count). The second-order valence-corrected chi connectivity index (χ2v) is 10.5. The first-order valence-electron chi connectivity index (χ1n) is 16.4. The van der Waals surface area contributed by atoms with Crippen LogP contribution in [0.1, 0.15) is 80.1 Å². The summed E-state index contributed by atoms with van der Waals surface area (Å²) in [6.07, 6.45) is 5.63. The van der Waals surface area contributed by atoms with Crippen molar-refractivity contribution in [3.63, 3.8) is 0 Å². The highest BCUT2D eigenvalue weighted by Crippen LogP contribution is 1.91. The Morgan fingerprint density at radius 1 is 0.286 bits per heavy atom. The molecule has 0 radical (unpaired) electrons. The van der Waals surface area contributed by atoms with Gasteiger partial charge in [-0.3, -0.25) is 0 Å². The van der Waals surface area contributed by atoms with Gasteiger partial charge in [-0.15, -0.1) is 0 Å². The lowest BCUT2D eigenvalue weighted by molar-refractivity contribution is 0.229. The molecule has 0 aliphatic carbocycles. The van der Waals surface area contributed by atoms with Gasteiger partial charge in [-0.05, 0) is 38.5 Å². The molecule has 0 saturated heterocycles. The number of aliphatic hydroxyl groups excluding tert-OH is 6. The van der Waals surface area contributed by atoms with Crippen molar-refractivity contribution in [2.24, 2.45) is 0 Å². The molecule has 258 valence electrons. The normalized spacial score (nSPS) is 15.4. The summed E-state index contributed by atoms with van der Waals surface area (Å²) in [6, 6.07) is 1.20. The molecule has 0 fully saturated rings. The van der Waals surface area contributed by atoms with Crippen molar-refractivity contribution >= 4 is 0 Å². The first-order valence-corrected chi connectivity index (χ1v) is 16.4. The smallest absolute Gasteiger partial charge is 0.0584 e. The average Bonchev–Trinajstić information content (AvgIpc) is 3.03. The van der Waals surface area contributed by atoms with E-state index in [2.05, 4.69) is 31.9 Å². The van der Waals surface area contributed by atoms with Crippen LogP contribution in [0.3, 0.4) is 0 Å². The molecule has 12 heteroatoms. The predicted molar refractivity (Wildman–Crippen MR) is 175 cm³/mol. The van der Waals surface area contributed by atoms with E-state index in [-0.39, 0.29) is 75.9 Å². The molecule has 0 heterocycles. The quantitative estimate of drug-likeness (QED) is 0.0514. The van der Waals surface area contributed by atoms with Gasteiger partial charge in [-0.1, -0.05) is 41.5 Å². The van der Waals surface area contributed by atoms with E-state index in [1.54, 1.807) is 0 Å². The summed E-state index contributed by atoms with van der Waals surface area (Å²) in [5.41, 5.74) is 0. The van der Waals surface area contributed by atoms with E-state index in [0.717, 1.165) is 77.8 Å². The second kappa shape index (κ2) is 36.7. The standard InChI is InChI=1S/3C10H24N2O2/c3*1-3-9(7-13)11-5-6-12-10(4-2)8-14/h3*9-14H,3-8H2,1-2H3/t3*9-,10-/m000/s1. The summed E-state index contributed by atoms with van der Waals surface area (Å²) in [5.74, 6) is 0. The maximum Gasteiger partial charge on any atom is 0.0584 e. The maximum absolute atomic E-state index is 8.90. The van der Waals surface area contributed by atoms with Crippen LogP contribution >= 0.6 is 0 Å². The van der Waals surface area contributed by atoms with Gasteiger partial charge in [0.1, 0.15) is 0 Å². The number of nitrogens with one attached hydrogen (secondary N) is 6. The molecule has 6 atom stereocenters. The number of aliphatic hydroxyl groups is 6. The molecule has 0 aliphatic heterocycles. The maximum atomic E-state index is 8.90. The fourth-order valence-corrected chi connectivity index (χ4v) is 3.69. The van der Waals surface area contributed by atoms with Crippen LogP contribution in [0.2, 0.25) is 0 Å². The Kier molecular flexibility index (Phi) is 40.2. The molecule has 12 N–H and O–H groups in total. The second-order valence-electron chi connectivity index (χ2n) is 10.5. The Balaban J connectivity index is -0.000000543. The summed E-state index contributed by atoms with van der Waals surface area (Å²) in [7, 11) is 0. The summed E-state index contributed by atoms with van der Waals surface area (Å²) in [4.78, 5) is 0. The van der Waals surface area contributed by atoms with Crippen LogP contribution in [0, 0.1) is 0 Å². The summed E-state index contributed by atoms with van der Waals surface area (Å²) >= 11 is 0. The molecule has 0 aromatic carbocycles. The first kappa shape index (κ1) is 45.9. The lowest BCUT2D eigenvalue weighted by Crippen LogP contribution is -2.40. The Bertz CT molecular complexity index is 369. The SMILES string of the molecule is CC[C@@H](CO)NCCN[C@@H](CC)CO.CC[C@@H](CO)NCCN[C@@H](CC)CO.CC[C@@H](CO)NCCN[C@@H](CC)CO. The van der Waals surface area contributed by atoms with E-state index < -0.39 is 0 Å². The van der Waals surface area contributed by atoms with Crippen molar-refractivity contribution in [1.82, 2.24) is 31.9 Å². The Morgan fingerprint density at radius 2 is 0.405 bits per heavy atom. The lowest BCUT2D eigenvalue weighted by Gasteiger charge is -2.17. The Labute approximate surface area is 257 Å². The molecule has 0 bridgehead atoms. The molecule has 0 spiro atoms. The highest BCUT2D eigenvalue weighted by Gasteiger charge is 2.06. The zero-order valence-corrected chi connectivity index (χ0v) is 27.9. The van der Waals surface area contributed by atoms with Gasteiger partial charge < -0.3 is 62.5 Å². The lowest BCUT2D eigenvalue weighted by atomic mass is 10.2. The minimum Gasteiger partial charge on any atom is -0.395 e. The minimum absolute atomic E-state index is 0.188. The first-order chi connectivity index (χ1) is 20.3. The third-order valence-electron chi connectivity index (χ3n) is 7.25. The van der Waals surface area contributed by atoms with Gasteiger partial charge in [0.15, 0.2) is 0 Å². The molecule has 42 heavy (non-hydrogen) atoms. The summed E-state index contributed by atoms with van der Waals surface area (Å²) < 4.78 is 0. The van der Waals surface area contributed by atoms with Crippen LogP contribution in [0.5, 0.6) is 0 Å². The van der Waals surface area contributed by atoms with Crippen molar-refractivity contribution in [1.29, 1.82) is 0 Å². The van der Waals surface area contributed by atoms with E-state index >= 15 is 0 Å². The van der Waals surface area contributed by atoms with E-state index in [1.807, 2.05) is 41.5 Å². The number of hydrogen-bond acceptors (Lipinski definition) is 12. The largest absolute Gasteiger partial charge is 0.395 e. The van der Waals surface area contributed by atoms with Crippen LogP contribution in [0.15, 0.2) is 0 Å².